The number of nitrogens with two attached hydrogens (primary N) is 1. The molecule has 0 aliphatic heterocycles. The van der Waals surface area contributed by atoms with Crippen molar-refractivity contribution in [2.75, 3.05) is 24.1 Å². The first-order valence-corrected chi connectivity index (χ1v) is 7.69. The van der Waals surface area contributed by atoms with Crippen LogP contribution in [0.1, 0.15) is 43.0 Å². The summed E-state index contributed by atoms with van der Waals surface area (Å²) in [6.45, 7) is 3.25. The summed E-state index contributed by atoms with van der Waals surface area (Å²) in [6.07, 6.45) is 3.72. The van der Waals surface area contributed by atoms with Crippen LogP contribution in [0.5, 0.6) is 0 Å². The zero-order chi connectivity index (χ0) is 15.2. The molecule has 5 nitrogen and oxygen atoms in total. The number of hydrogen-bond donors (Lipinski definition) is 4. The third kappa shape index (κ3) is 4.36. The van der Waals surface area contributed by atoms with Gasteiger partial charge in [0.05, 0.1) is 11.7 Å². The SMILES string of the molecule is CCNC(=O)c1ccc(N)cc1NCC1CCCC(O)C1. The lowest BCUT2D eigenvalue weighted by Crippen LogP contribution is -2.27. The van der Waals surface area contributed by atoms with Crippen LogP contribution in [-0.2, 0) is 0 Å². The monoisotopic (exact) mass is 291 g/mol. The highest BCUT2D eigenvalue weighted by molar-refractivity contribution is 6.00. The molecule has 0 saturated heterocycles. The van der Waals surface area contributed by atoms with Crippen molar-refractivity contribution in [2.24, 2.45) is 5.92 Å². The lowest BCUT2D eigenvalue weighted by Gasteiger charge is -2.26. The van der Waals surface area contributed by atoms with E-state index in [0.717, 1.165) is 37.9 Å². The van der Waals surface area contributed by atoms with Crippen molar-refractivity contribution in [1.82, 2.24) is 5.32 Å². The summed E-state index contributed by atoms with van der Waals surface area (Å²) in [7, 11) is 0. The van der Waals surface area contributed by atoms with Crippen LogP contribution in [0, 0.1) is 5.92 Å². The highest BCUT2D eigenvalue weighted by Gasteiger charge is 2.20. The molecule has 1 aliphatic carbocycles. The second-order valence-corrected chi connectivity index (χ2v) is 5.73. The molecule has 1 fully saturated rings. The Morgan fingerprint density at radius 1 is 1.43 bits per heavy atom. The number of amides is 1. The Morgan fingerprint density at radius 3 is 2.95 bits per heavy atom. The predicted molar refractivity (Wildman–Crippen MR) is 85.3 cm³/mol. The van der Waals surface area contributed by atoms with E-state index < -0.39 is 0 Å². The minimum absolute atomic E-state index is 0.0938. The van der Waals surface area contributed by atoms with Crippen LogP contribution >= 0.6 is 0 Å². The Balaban J connectivity index is 2.04. The van der Waals surface area contributed by atoms with Gasteiger partial charge in [-0.25, -0.2) is 0 Å². The van der Waals surface area contributed by atoms with Gasteiger partial charge < -0.3 is 21.5 Å². The topological polar surface area (TPSA) is 87.4 Å². The van der Waals surface area contributed by atoms with Crippen molar-refractivity contribution in [1.29, 1.82) is 0 Å². The first-order valence-electron chi connectivity index (χ1n) is 7.69. The Morgan fingerprint density at radius 2 is 2.24 bits per heavy atom. The van der Waals surface area contributed by atoms with E-state index in [1.807, 2.05) is 6.92 Å². The van der Waals surface area contributed by atoms with Crippen LogP contribution in [0.4, 0.5) is 11.4 Å². The largest absolute Gasteiger partial charge is 0.399 e. The van der Waals surface area contributed by atoms with Crippen LogP contribution in [-0.4, -0.2) is 30.2 Å². The van der Waals surface area contributed by atoms with Crippen molar-refractivity contribution in [3.05, 3.63) is 23.8 Å². The molecule has 0 bridgehead atoms. The van der Waals surface area contributed by atoms with Crippen molar-refractivity contribution >= 4 is 17.3 Å². The molecule has 0 spiro atoms. The lowest BCUT2D eigenvalue weighted by atomic mass is 9.87. The van der Waals surface area contributed by atoms with Gasteiger partial charge >= 0.3 is 0 Å². The van der Waals surface area contributed by atoms with Crippen molar-refractivity contribution in [2.45, 2.75) is 38.7 Å². The number of aliphatic hydroxyl groups is 1. The Labute approximate surface area is 125 Å². The fourth-order valence-electron chi connectivity index (χ4n) is 2.86. The molecular formula is C16H25N3O2. The van der Waals surface area contributed by atoms with Crippen LogP contribution in [0.2, 0.25) is 0 Å². The highest BCUT2D eigenvalue weighted by Crippen LogP contribution is 2.26. The molecule has 0 aromatic heterocycles. The second kappa shape index (κ2) is 7.31. The predicted octanol–water partition coefficient (Wildman–Crippen LogP) is 1.98. The highest BCUT2D eigenvalue weighted by atomic mass is 16.3. The number of nitrogens with one attached hydrogen (secondary N) is 2. The van der Waals surface area contributed by atoms with Gasteiger partial charge in [0.15, 0.2) is 0 Å². The fraction of sp³-hybridized carbons (Fsp3) is 0.562. The van der Waals surface area contributed by atoms with Gasteiger partial charge in [-0.05, 0) is 50.3 Å². The summed E-state index contributed by atoms with van der Waals surface area (Å²) in [5, 5.41) is 15.9. The van der Waals surface area contributed by atoms with Crippen molar-refractivity contribution < 1.29 is 9.90 Å². The average Bonchev–Trinajstić information content (AvgIpc) is 2.45. The number of hydrogen-bond acceptors (Lipinski definition) is 4. The van der Waals surface area contributed by atoms with Gasteiger partial charge in [0.25, 0.3) is 5.91 Å². The fourth-order valence-corrected chi connectivity index (χ4v) is 2.86. The van der Waals surface area contributed by atoms with Gasteiger partial charge in [-0.1, -0.05) is 6.42 Å². The summed E-state index contributed by atoms with van der Waals surface area (Å²) < 4.78 is 0. The van der Waals surface area contributed by atoms with E-state index in [1.165, 1.54) is 0 Å². The van der Waals surface area contributed by atoms with E-state index >= 15 is 0 Å². The van der Waals surface area contributed by atoms with E-state index in [2.05, 4.69) is 10.6 Å². The molecule has 5 heteroatoms. The van der Waals surface area contributed by atoms with Gasteiger partial charge in [0.2, 0.25) is 0 Å². The molecular weight excluding hydrogens is 266 g/mol. The molecule has 1 aromatic carbocycles. The molecule has 116 valence electrons. The van der Waals surface area contributed by atoms with E-state index in [9.17, 15) is 9.90 Å². The number of aliphatic hydroxyl groups excluding tert-OH is 1. The molecule has 1 aliphatic rings. The number of rotatable bonds is 5. The molecule has 1 amide bonds. The van der Waals surface area contributed by atoms with E-state index in [0.29, 0.717) is 23.7 Å². The minimum atomic E-state index is -0.186. The summed E-state index contributed by atoms with van der Waals surface area (Å²) in [4.78, 5) is 12.0. The number of nitrogen functional groups attached to an aromatic ring is 1. The molecule has 2 atom stereocenters. The first kappa shape index (κ1) is 15.6. The van der Waals surface area contributed by atoms with E-state index in [-0.39, 0.29) is 12.0 Å². The molecule has 5 N–H and O–H groups in total. The first-order chi connectivity index (χ1) is 10.1. The third-order valence-corrected chi connectivity index (χ3v) is 3.96. The summed E-state index contributed by atoms with van der Waals surface area (Å²) in [5.41, 5.74) is 7.83. The molecule has 21 heavy (non-hydrogen) atoms. The zero-order valence-corrected chi connectivity index (χ0v) is 12.6. The molecule has 2 unspecified atom stereocenters. The van der Waals surface area contributed by atoms with Gasteiger partial charge in [-0.15, -0.1) is 0 Å². The van der Waals surface area contributed by atoms with E-state index in [4.69, 9.17) is 5.73 Å². The minimum Gasteiger partial charge on any atom is -0.399 e. The average molecular weight is 291 g/mol. The second-order valence-electron chi connectivity index (χ2n) is 5.73. The normalized spacial score (nSPS) is 21.8. The smallest absolute Gasteiger partial charge is 0.253 e. The number of anilines is 2. The molecule has 0 heterocycles. The molecule has 0 radical (unpaired) electrons. The van der Waals surface area contributed by atoms with E-state index in [1.54, 1.807) is 18.2 Å². The Hall–Kier alpha value is -1.75. The Bertz CT molecular complexity index is 490. The number of carbonyl (C=O) groups excluding carboxylic acids is 1. The maximum absolute atomic E-state index is 12.0. The standard InChI is InChI=1S/C16H25N3O2/c1-2-18-16(21)14-7-6-12(17)9-15(14)19-10-11-4-3-5-13(20)8-11/h6-7,9,11,13,19-20H,2-5,8,10,17H2,1H3,(H,18,21). The molecule has 1 aromatic rings. The summed E-state index contributed by atoms with van der Waals surface area (Å²) in [5.74, 6) is 0.348. The van der Waals surface area contributed by atoms with Gasteiger partial charge in [0.1, 0.15) is 0 Å². The van der Waals surface area contributed by atoms with Gasteiger partial charge in [0, 0.05) is 24.5 Å². The van der Waals surface area contributed by atoms with Crippen LogP contribution in [0.25, 0.3) is 0 Å². The van der Waals surface area contributed by atoms with Crippen molar-refractivity contribution in [3.8, 4) is 0 Å². The number of carbonyl (C=O) groups is 1. The summed E-state index contributed by atoms with van der Waals surface area (Å²) in [6, 6.07) is 5.28. The Kier molecular flexibility index (Phi) is 5.44. The molecule has 2 rings (SSSR count). The van der Waals surface area contributed by atoms with Crippen molar-refractivity contribution in [3.63, 3.8) is 0 Å². The number of benzene rings is 1. The molecule has 1 saturated carbocycles. The van der Waals surface area contributed by atoms with Gasteiger partial charge in [-0.2, -0.15) is 0 Å². The van der Waals surface area contributed by atoms with Crippen LogP contribution in [0.3, 0.4) is 0 Å². The zero-order valence-electron chi connectivity index (χ0n) is 12.6. The van der Waals surface area contributed by atoms with Gasteiger partial charge in [-0.3, -0.25) is 4.79 Å². The quantitative estimate of drug-likeness (QED) is 0.625. The summed E-state index contributed by atoms with van der Waals surface area (Å²) >= 11 is 0. The maximum Gasteiger partial charge on any atom is 0.253 e. The van der Waals surface area contributed by atoms with Crippen LogP contribution in [0.15, 0.2) is 18.2 Å². The maximum atomic E-state index is 12.0. The third-order valence-electron chi connectivity index (χ3n) is 3.96. The van der Waals surface area contributed by atoms with Crippen LogP contribution < -0.4 is 16.4 Å². The lowest BCUT2D eigenvalue weighted by molar-refractivity contribution is 0.0955.